The maximum atomic E-state index is 12.2. The van der Waals surface area contributed by atoms with Crippen molar-refractivity contribution < 1.29 is 19.6 Å². The number of nitrogens with zero attached hydrogens (tertiary/aromatic N) is 1. The Kier molecular flexibility index (Phi) is 4.16. The molecule has 0 spiro atoms. The average molecular weight is 262 g/mol. The lowest BCUT2D eigenvalue weighted by molar-refractivity contribution is -0.898. The van der Waals surface area contributed by atoms with Gasteiger partial charge in [-0.2, -0.15) is 0 Å². The number of rotatable bonds is 3. The van der Waals surface area contributed by atoms with Crippen molar-refractivity contribution in [2.75, 3.05) is 32.7 Å². The molecule has 0 atom stereocenters. The standard InChI is InChI=1S/C14H18N2O3/c1-11-2-4-12(5-3-11)14(19)16-8-6-15(7-9-16)10-13(17)18/h2-5H,6-10H2,1H3,(H,17,18). The first kappa shape index (κ1) is 13.5. The Morgan fingerprint density at radius 3 is 2.32 bits per heavy atom. The van der Waals surface area contributed by atoms with Crippen molar-refractivity contribution in [3.63, 3.8) is 0 Å². The van der Waals surface area contributed by atoms with Crippen LogP contribution < -0.4 is 10.0 Å². The lowest BCUT2D eigenvalue weighted by Gasteiger charge is -2.32. The van der Waals surface area contributed by atoms with Gasteiger partial charge in [-0.25, -0.2) is 0 Å². The Balaban J connectivity index is 1.92. The van der Waals surface area contributed by atoms with Crippen molar-refractivity contribution in [2.24, 2.45) is 0 Å². The number of quaternary nitrogens is 1. The number of carbonyl (C=O) groups excluding carboxylic acids is 2. The van der Waals surface area contributed by atoms with Gasteiger partial charge in [-0.3, -0.25) is 4.79 Å². The second-order valence-corrected chi connectivity index (χ2v) is 4.96. The summed E-state index contributed by atoms with van der Waals surface area (Å²) in [5.41, 5.74) is 1.81. The third kappa shape index (κ3) is 3.54. The zero-order valence-electron chi connectivity index (χ0n) is 11.0. The monoisotopic (exact) mass is 262 g/mol. The second-order valence-electron chi connectivity index (χ2n) is 4.96. The summed E-state index contributed by atoms with van der Waals surface area (Å²) < 4.78 is 0. The van der Waals surface area contributed by atoms with E-state index in [2.05, 4.69) is 0 Å². The van der Waals surface area contributed by atoms with Crippen molar-refractivity contribution in [1.82, 2.24) is 4.90 Å². The molecule has 0 unspecified atom stereocenters. The minimum atomic E-state index is -1.03. The first-order chi connectivity index (χ1) is 9.06. The minimum absolute atomic E-state index is 0.0204. The fraction of sp³-hybridized carbons (Fsp3) is 0.429. The summed E-state index contributed by atoms with van der Waals surface area (Å²) >= 11 is 0. The van der Waals surface area contributed by atoms with E-state index in [0.717, 1.165) is 10.5 Å². The molecule has 1 aromatic carbocycles. The van der Waals surface area contributed by atoms with Gasteiger partial charge in [-0.15, -0.1) is 0 Å². The Morgan fingerprint density at radius 2 is 1.79 bits per heavy atom. The molecule has 0 aromatic heterocycles. The zero-order chi connectivity index (χ0) is 13.8. The van der Waals surface area contributed by atoms with E-state index in [-0.39, 0.29) is 12.5 Å². The molecule has 1 saturated heterocycles. The number of hydrogen-bond donors (Lipinski definition) is 1. The van der Waals surface area contributed by atoms with E-state index in [1.165, 1.54) is 0 Å². The number of carbonyl (C=O) groups is 2. The number of carboxylic acid groups (broad SMARTS) is 1. The van der Waals surface area contributed by atoms with Crippen LogP contribution in [0.2, 0.25) is 0 Å². The van der Waals surface area contributed by atoms with Crippen LogP contribution in [0.1, 0.15) is 15.9 Å². The molecule has 5 heteroatoms. The summed E-state index contributed by atoms with van der Waals surface area (Å²) in [6.07, 6.45) is 0. The molecule has 102 valence electrons. The number of piperazine rings is 1. The molecule has 1 aliphatic heterocycles. The summed E-state index contributed by atoms with van der Waals surface area (Å²) in [5, 5.41) is 10.5. The maximum Gasteiger partial charge on any atom is 0.254 e. The topological polar surface area (TPSA) is 64.9 Å². The molecule has 1 N–H and O–H groups in total. The predicted molar refractivity (Wildman–Crippen MR) is 67.7 cm³/mol. The van der Waals surface area contributed by atoms with Crippen LogP contribution in [0.5, 0.6) is 0 Å². The van der Waals surface area contributed by atoms with Crippen LogP contribution in [0.3, 0.4) is 0 Å². The van der Waals surface area contributed by atoms with Crippen molar-refractivity contribution >= 4 is 11.9 Å². The first-order valence-corrected chi connectivity index (χ1v) is 6.45. The summed E-state index contributed by atoms with van der Waals surface area (Å²) in [5.74, 6) is -1.01. The highest BCUT2D eigenvalue weighted by Gasteiger charge is 2.24. The Bertz CT molecular complexity index is 462. The Morgan fingerprint density at radius 1 is 1.21 bits per heavy atom. The highest BCUT2D eigenvalue weighted by atomic mass is 16.4. The van der Waals surface area contributed by atoms with Gasteiger partial charge < -0.3 is 19.7 Å². The molecular formula is C14H18N2O3. The summed E-state index contributed by atoms with van der Waals surface area (Å²) in [6, 6.07) is 7.51. The first-order valence-electron chi connectivity index (χ1n) is 6.45. The summed E-state index contributed by atoms with van der Waals surface area (Å²) in [7, 11) is 0. The Labute approximate surface area is 112 Å². The van der Waals surface area contributed by atoms with Gasteiger partial charge in [0.15, 0.2) is 0 Å². The number of carboxylic acids is 1. The third-order valence-corrected chi connectivity index (χ3v) is 3.45. The van der Waals surface area contributed by atoms with E-state index in [1.54, 1.807) is 4.90 Å². The van der Waals surface area contributed by atoms with Crippen LogP contribution in [-0.2, 0) is 4.79 Å². The quantitative estimate of drug-likeness (QED) is 0.691. The highest BCUT2D eigenvalue weighted by Crippen LogP contribution is 2.07. The van der Waals surface area contributed by atoms with E-state index in [1.807, 2.05) is 31.2 Å². The average Bonchev–Trinajstić information content (AvgIpc) is 2.39. The number of amides is 1. The van der Waals surface area contributed by atoms with Crippen molar-refractivity contribution in [2.45, 2.75) is 6.92 Å². The largest absolute Gasteiger partial charge is 0.544 e. The van der Waals surface area contributed by atoms with Crippen molar-refractivity contribution in [1.29, 1.82) is 0 Å². The SMILES string of the molecule is Cc1ccc(C(=O)N2CC[NH+](CC(=O)[O-])CC2)cc1. The number of hydrogen-bond acceptors (Lipinski definition) is 3. The normalized spacial score (nSPS) is 16.4. The van der Waals surface area contributed by atoms with Gasteiger partial charge in [-0.1, -0.05) is 17.7 Å². The van der Waals surface area contributed by atoms with Gasteiger partial charge >= 0.3 is 0 Å². The fourth-order valence-electron chi connectivity index (χ4n) is 2.29. The van der Waals surface area contributed by atoms with Gasteiger partial charge in [0.05, 0.1) is 32.1 Å². The van der Waals surface area contributed by atoms with Crippen LogP contribution in [0, 0.1) is 6.92 Å². The molecular weight excluding hydrogens is 244 g/mol. The van der Waals surface area contributed by atoms with Gasteiger partial charge in [0.2, 0.25) is 0 Å². The van der Waals surface area contributed by atoms with Crippen LogP contribution in [0.4, 0.5) is 0 Å². The third-order valence-electron chi connectivity index (χ3n) is 3.45. The fourth-order valence-corrected chi connectivity index (χ4v) is 2.29. The molecule has 1 fully saturated rings. The van der Waals surface area contributed by atoms with Gasteiger partial charge in [0.1, 0.15) is 6.54 Å². The molecule has 1 heterocycles. The van der Waals surface area contributed by atoms with E-state index in [9.17, 15) is 14.7 Å². The molecule has 0 saturated carbocycles. The molecule has 0 aliphatic carbocycles. The summed E-state index contributed by atoms with van der Waals surface area (Å²) in [6.45, 7) is 4.50. The smallest absolute Gasteiger partial charge is 0.254 e. The molecule has 0 bridgehead atoms. The van der Waals surface area contributed by atoms with Crippen molar-refractivity contribution in [3.05, 3.63) is 35.4 Å². The highest BCUT2D eigenvalue weighted by molar-refractivity contribution is 5.94. The minimum Gasteiger partial charge on any atom is -0.544 e. The molecule has 0 radical (unpaired) electrons. The van der Waals surface area contributed by atoms with E-state index < -0.39 is 5.97 Å². The Hall–Kier alpha value is -1.88. The molecule has 5 nitrogen and oxygen atoms in total. The maximum absolute atomic E-state index is 12.2. The molecule has 1 amide bonds. The van der Waals surface area contributed by atoms with E-state index in [4.69, 9.17) is 0 Å². The second kappa shape index (κ2) is 5.84. The number of aliphatic carboxylic acids is 1. The summed E-state index contributed by atoms with van der Waals surface area (Å²) in [4.78, 5) is 25.5. The van der Waals surface area contributed by atoms with Gasteiger partial charge in [-0.05, 0) is 19.1 Å². The number of benzene rings is 1. The van der Waals surface area contributed by atoms with Crippen LogP contribution in [0.15, 0.2) is 24.3 Å². The zero-order valence-corrected chi connectivity index (χ0v) is 11.0. The predicted octanol–water partition coefficient (Wildman–Crippen LogP) is -1.91. The van der Waals surface area contributed by atoms with E-state index in [0.29, 0.717) is 31.7 Å². The van der Waals surface area contributed by atoms with Crippen LogP contribution in [-0.4, -0.2) is 49.5 Å². The molecule has 2 rings (SSSR count). The number of nitrogens with one attached hydrogen (secondary N) is 1. The molecule has 1 aromatic rings. The lowest BCUT2D eigenvalue weighted by atomic mass is 10.1. The van der Waals surface area contributed by atoms with E-state index >= 15 is 0 Å². The lowest BCUT2D eigenvalue weighted by Crippen LogP contribution is -3.16. The molecule has 1 aliphatic rings. The van der Waals surface area contributed by atoms with Crippen LogP contribution >= 0.6 is 0 Å². The molecule has 19 heavy (non-hydrogen) atoms. The van der Waals surface area contributed by atoms with Crippen molar-refractivity contribution in [3.8, 4) is 0 Å². The number of aryl methyl sites for hydroxylation is 1. The van der Waals surface area contributed by atoms with Gasteiger partial charge in [0.25, 0.3) is 5.91 Å². The van der Waals surface area contributed by atoms with Crippen LogP contribution in [0.25, 0.3) is 0 Å². The van der Waals surface area contributed by atoms with Gasteiger partial charge in [0, 0.05) is 5.56 Å².